The zero-order chi connectivity index (χ0) is 11.4. The molecule has 3 nitrogen and oxygen atoms in total. The van der Waals surface area contributed by atoms with E-state index in [2.05, 4.69) is 0 Å². The lowest BCUT2D eigenvalue weighted by Crippen LogP contribution is -2.19. The van der Waals surface area contributed by atoms with Gasteiger partial charge in [0, 0.05) is 0 Å². The first-order valence-electron chi connectivity index (χ1n) is 4.27. The fourth-order valence-corrected chi connectivity index (χ4v) is 1.31. The lowest BCUT2D eigenvalue weighted by Gasteiger charge is -2.15. The Morgan fingerprint density at radius 2 is 2.13 bits per heavy atom. The van der Waals surface area contributed by atoms with Gasteiger partial charge in [-0.15, -0.1) is 11.6 Å². The molecule has 0 amide bonds. The molecule has 0 saturated heterocycles. The van der Waals surface area contributed by atoms with Gasteiger partial charge in [-0.05, 0) is 17.7 Å². The van der Waals surface area contributed by atoms with E-state index in [9.17, 15) is 19.4 Å². The van der Waals surface area contributed by atoms with E-state index >= 15 is 0 Å². The van der Waals surface area contributed by atoms with Gasteiger partial charge in [0.15, 0.2) is 6.29 Å². The van der Waals surface area contributed by atoms with E-state index in [0.717, 1.165) is 6.07 Å². The fourth-order valence-electron chi connectivity index (χ4n) is 1.14. The number of halogens is 2. The second-order valence-electron chi connectivity index (χ2n) is 3.07. The third kappa shape index (κ3) is 2.75. The van der Waals surface area contributed by atoms with E-state index in [-0.39, 0.29) is 17.0 Å². The van der Waals surface area contributed by atoms with Gasteiger partial charge in [-0.25, -0.2) is 4.39 Å². The molecule has 0 spiro atoms. The maximum absolute atomic E-state index is 12.9. The summed E-state index contributed by atoms with van der Waals surface area (Å²) in [6.07, 6.45) is -2.02. The highest BCUT2D eigenvalue weighted by atomic mass is 35.5. The van der Waals surface area contributed by atoms with Crippen LogP contribution in [0.25, 0.3) is 0 Å². The van der Waals surface area contributed by atoms with Crippen LogP contribution in [-0.4, -0.2) is 28.5 Å². The van der Waals surface area contributed by atoms with Gasteiger partial charge >= 0.3 is 0 Å². The molecule has 0 aliphatic carbocycles. The number of hydrogen-bond acceptors (Lipinski definition) is 3. The van der Waals surface area contributed by atoms with Gasteiger partial charge in [-0.1, -0.05) is 6.07 Å². The van der Waals surface area contributed by atoms with Crippen molar-refractivity contribution in [2.45, 2.75) is 12.2 Å². The van der Waals surface area contributed by atoms with Crippen LogP contribution in [0.15, 0.2) is 18.2 Å². The summed E-state index contributed by atoms with van der Waals surface area (Å²) >= 11 is 5.35. The molecule has 0 fully saturated rings. The summed E-state index contributed by atoms with van der Waals surface area (Å²) in [6, 6.07) is 3.54. The van der Waals surface area contributed by atoms with Gasteiger partial charge in [0.05, 0.1) is 17.5 Å². The molecule has 0 radical (unpaired) electrons. The molecule has 1 aromatic carbocycles. The molecule has 0 aliphatic heterocycles. The van der Waals surface area contributed by atoms with Crippen LogP contribution in [-0.2, 0) is 0 Å². The van der Waals surface area contributed by atoms with Crippen molar-refractivity contribution in [3.8, 4) is 0 Å². The van der Waals surface area contributed by atoms with Gasteiger partial charge < -0.3 is 10.2 Å². The third-order valence-electron chi connectivity index (χ3n) is 2.01. The molecule has 2 atom stereocenters. The van der Waals surface area contributed by atoms with Crippen LogP contribution in [0.3, 0.4) is 0 Å². The van der Waals surface area contributed by atoms with Crippen molar-refractivity contribution >= 4 is 17.9 Å². The first-order valence-corrected chi connectivity index (χ1v) is 4.80. The summed E-state index contributed by atoms with van der Waals surface area (Å²) < 4.78 is 12.9. The molecular formula is C10H10ClFO3. The van der Waals surface area contributed by atoms with Gasteiger partial charge in [-0.2, -0.15) is 0 Å². The van der Waals surface area contributed by atoms with Crippen LogP contribution in [0.1, 0.15) is 22.0 Å². The van der Waals surface area contributed by atoms with Crippen molar-refractivity contribution in [3.63, 3.8) is 0 Å². The number of carbonyl (C=O) groups is 1. The predicted octanol–water partition coefficient (Wildman–Crippen LogP) is 1.27. The Morgan fingerprint density at radius 3 is 2.67 bits per heavy atom. The van der Waals surface area contributed by atoms with E-state index in [1.165, 1.54) is 12.1 Å². The number of benzene rings is 1. The van der Waals surface area contributed by atoms with E-state index in [1.807, 2.05) is 0 Å². The van der Waals surface area contributed by atoms with Gasteiger partial charge in [0.2, 0.25) is 0 Å². The van der Waals surface area contributed by atoms with Crippen molar-refractivity contribution in [1.82, 2.24) is 0 Å². The maximum atomic E-state index is 12.9. The largest absolute Gasteiger partial charge is 0.389 e. The summed E-state index contributed by atoms with van der Waals surface area (Å²) in [5.74, 6) is -0.809. The lowest BCUT2D eigenvalue weighted by atomic mass is 10.0. The molecule has 0 heterocycles. The maximum Gasteiger partial charge on any atom is 0.153 e. The zero-order valence-corrected chi connectivity index (χ0v) is 8.49. The summed E-state index contributed by atoms with van der Waals surface area (Å²) in [4.78, 5) is 10.4. The Kier molecular flexibility index (Phi) is 4.20. The normalized spacial score (nSPS) is 14.7. The van der Waals surface area contributed by atoms with Crippen LogP contribution < -0.4 is 0 Å². The number of aliphatic hydroxyl groups is 2. The van der Waals surface area contributed by atoms with E-state index < -0.39 is 18.0 Å². The standard InChI is InChI=1S/C10H10ClFO3/c11-4-9(14)10(15)6-1-2-8(12)7(3-6)5-13/h1-3,5,9-10,14-15H,4H2. The third-order valence-corrected chi connectivity index (χ3v) is 2.33. The molecule has 0 bridgehead atoms. The van der Waals surface area contributed by atoms with Crippen molar-refractivity contribution in [1.29, 1.82) is 0 Å². The summed E-state index contributed by atoms with van der Waals surface area (Å²) in [5, 5.41) is 18.8. The molecule has 82 valence electrons. The van der Waals surface area contributed by atoms with Crippen molar-refractivity contribution in [3.05, 3.63) is 35.1 Å². The average Bonchev–Trinajstić information content (AvgIpc) is 2.27. The molecule has 0 aromatic heterocycles. The molecule has 0 aliphatic rings. The summed E-state index contributed by atoms with van der Waals surface area (Å²) in [7, 11) is 0. The quantitative estimate of drug-likeness (QED) is 0.607. The highest BCUT2D eigenvalue weighted by molar-refractivity contribution is 6.18. The smallest absolute Gasteiger partial charge is 0.153 e. The monoisotopic (exact) mass is 232 g/mol. The summed E-state index contributed by atoms with van der Waals surface area (Å²) in [5.41, 5.74) is 0.0972. The number of carbonyl (C=O) groups excluding carboxylic acids is 1. The van der Waals surface area contributed by atoms with Gasteiger partial charge in [-0.3, -0.25) is 4.79 Å². The van der Waals surface area contributed by atoms with E-state index in [0.29, 0.717) is 6.29 Å². The first kappa shape index (κ1) is 12.1. The number of rotatable bonds is 4. The highest BCUT2D eigenvalue weighted by Crippen LogP contribution is 2.19. The molecular weight excluding hydrogens is 223 g/mol. The van der Waals surface area contributed by atoms with Crippen LogP contribution in [0.2, 0.25) is 0 Å². The molecule has 2 unspecified atom stereocenters. The Balaban J connectivity index is 3.00. The summed E-state index contributed by atoms with van der Waals surface area (Å²) in [6.45, 7) is 0. The van der Waals surface area contributed by atoms with Crippen molar-refractivity contribution in [2.24, 2.45) is 0 Å². The second kappa shape index (κ2) is 5.21. The van der Waals surface area contributed by atoms with E-state index in [1.54, 1.807) is 0 Å². The lowest BCUT2D eigenvalue weighted by molar-refractivity contribution is 0.0326. The number of hydrogen-bond donors (Lipinski definition) is 2. The second-order valence-corrected chi connectivity index (χ2v) is 3.37. The molecule has 5 heteroatoms. The Hall–Kier alpha value is -0.970. The predicted molar refractivity (Wildman–Crippen MR) is 53.5 cm³/mol. The Bertz CT molecular complexity index is 357. The van der Waals surface area contributed by atoms with Crippen LogP contribution >= 0.6 is 11.6 Å². The van der Waals surface area contributed by atoms with Crippen LogP contribution in [0, 0.1) is 5.82 Å². The van der Waals surface area contributed by atoms with Crippen LogP contribution in [0.5, 0.6) is 0 Å². The number of aliphatic hydroxyl groups excluding tert-OH is 2. The van der Waals surface area contributed by atoms with E-state index in [4.69, 9.17) is 11.6 Å². The van der Waals surface area contributed by atoms with Crippen molar-refractivity contribution in [2.75, 3.05) is 5.88 Å². The first-order chi connectivity index (χ1) is 7.10. The minimum absolute atomic E-state index is 0.144. The number of aldehydes is 1. The minimum atomic E-state index is -1.22. The average molecular weight is 233 g/mol. The Labute approximate surface area is 91.1 Å². The van der Waals surface area contributed by atoms with Gasteiger partial charge in [0.25, 0.3) is 0 Å². The van der Waals surface area contributed by atoms with Crippen molar-refractivity contribution < 1.29 is 19.4 Å². The topological polar surface area (TPSA) is 57.5 Å². The minimum Gasteiger partial charge on any atom is -0.389 e. The molecule has 1 aromatic rings. The van der Waals surface area contributed by atoms with Gasteiger partial charge in [0.1, 0.15) is 11.9 Å². The molecule has 15 heavy (non-hydrogen) atoms. The number of alkyl halides is 1. The highest BCUT2D eigenvalue weighted by Gasteiger charge is 2.18. The van der Waals surface area contributed by atoms with Crippen LogP contribution in [0.4, 0.5) is 4.39 Å². The Morgan fingerprint density at radius 1 is 1.47 bits per heavy atom. The molecule has 0 saturated carbocycles. The molecule has 1 rings (SSSR count). The SMILES string of the molecule is O=Cc1cc(C(O)C(O)CCl)ccc1F. The molecule has 2 N–H and O–H groups in total. The zero-order valence-electron chi connectivity index (χ0n) is 7.73. The fraction of sp³-hybridized carbons (Fsp3) is 0.300.